The number of rotatable bonds is 1. The highest BCUT2D eigenvalue weighted by Gasteiger charge is 2.49. The Balaban J connectivity index is 1.85. The number of hydrogen-bond donors (Lipinski definition) is 1. The van der Waals surface area contributed by atoms with Crippen molar-refractivity contribution >= 4 is 5.97 Å². The van der Waals surface area contributed by atoms with Crippen LogP contribution in [0.2, 0.25) is 0 Å². The van der Waals surface area contributed by atoms with Gasteiger partial charge in [0, 0.05) is 19.5 Å². The highest BCUT2D eigenvalue weighted by Crippen LogP contribution is 2.32. The zero-order valence-electron chi connectivity index (χ0n) is 7.76. The number of esters is 1. The first-order valence-corrected chi connectivity index (χ1v) is 4.54. The third kappa shape index (κ3) is 2.07. The highest BCUT2D eigenvalue weighted by molar-refractivity contribution is 5.75. The number of carbonyl (C=O) groups excluding carboxylic acids is 1. The fourth-order valence-electron chi connectivity index (χ4n) is 1.75. The van der Waals surface area contributed by atoms with Gasteiger partial charge in [-0.05, 0) is 0 Å². The summed E-state index contributed by atoms with van der Waals surface area (Å²) in [7, 11) is 0. The maximum Gasteiger partial charge on any atom is 0.490 e. The smallest absolute Gasteiger partial charge is 0.453 e. The lowest BCUT2D eigenvalue weighted by Crippen LogP contribution is -2.59. The number of nitrogens with one attached hydrogen (secondary N) is 1. The Kier molecular flexibility index (Phi) is 2.38. The zero-order valence-corrected chi connectivity index (χ0v) is 7.76. The first-order chi connectivity index (χ1) is 6.91. The van der Waals surface area contributed by atoms with Gasteiger partial charge < -0.3 is 14.8 Å². The maximum absolute atomic E-state index is 11.9. The molecule has 2 rings (SSSR count). The Hall–Kier alpha value is -0.820. The lowest BCUT2D eigenvalue weighted by molar-refractivity contribution is -0.204. The molecule has 0 amide bonds. The van der Waals surface area contributed by atoms with Gasteiger partial charge in [0.25, 0.3) is 0 Å². The van der Waals surface area contributed by atoms with Crippen LogP contribution in [-0.2, 0) is 14.3 Å². The van der Waals surface area contributed by atoms with Gasteiger partial charge in [-0.1, -0.05) is 0 Å². The van der Waals surface area contributed by atoms with Crippen LogP contribution in [0.15, 0.2) is 0 Å². The van der Waals surface area contributed by atoms with Crippen LogP contribution < -0.4 is 5.32 Å². The number of hydrogen-bond acceptors (Lipinski definition) is 4. The predicted molar refractivity (Wildman–Crippen MR) is 42.1 cm³/mol. The van der Waals surface area contributed by atoms with Crippen molar-refractivity contribution in [3.05, 3.63) is 0 Å². The fraction of sp³-hybridized carbons (Fsp3) is 0.875. The topological polar surface area (TPSA) is 47.6 Å². The molecular weight excluding hydrogens is 215 g/mol. The molecule has 0 aliphatic carbocycles. The van der Waals surface area contributed by atoms with Gasteiger partial charge in [0.15, 0.2) is 0 Å². The second-order valence-corrected chi connectivity index (χ2v) is 3.83. The third-order valence-corrected chi connectivity index (χ3v) is 2.57. The average Bonchev–Trinajstić information content (AvgIpc) is 2.46. The zero-order chi connectivity index (χ0) is 11.1. The number of carbonyl (C=O) groups is 1. The molecule has 4 nitrogen and oxygen atoms in total. The minimum absolute atomic E-state index is 0.0451. The largest absolute Gasteiger partial charge is 0.490 e. The molecule has 2 heterocycles. The van der Waals surface area contributed by atoms with Gasteiger partial charge in [0.05, 0.1) is 12.2 Å². The number of alkyl halides is 3. The lowest BCUT2D eigenvalue weighted by atomic mass is 9.93. The second kappa shape index (κ2) is 3.34. The van der Waals surface area contributed by atoms with Gasteiger partial charge in [0.1, 0.15) is 6.10 Å². The first-order valence-electron chi connectivity index (χ1n) is 4.54. The van der Waals surface area contributed by atoms with E-state index in [2.05, 4.69) is 10.1 Å². The van der Waals surface area contributed by atoms with Crippen LogP contribution in [0.3, 0.4) is 0 Å². The van der Waals surface area contributed by atoms with Crippen LogP contribution in [0, 0.1) is 0 Å². The Bertz CT molecular complexity index is 275. The molecule has 0 unspecified atom stereocenters. The minimum Gasteiger partial charge on any atom is -0.453 e. The molecule has 0 saturated carbocycles. The molecule has 1 atom stereocenters. The molecule has 0 aromatic carbocycles. The van der Waals surface area contributed by atoms with E-state index in [-0.39, 0.29) is 6.61 Å². The molecule has 0 radical (unpaired) electrons. The molecule has 0 aromatic rings. The molecule has 2 fully saturated rings. The fourth-order valence-corrected chi connectivity index (χ4v) is 1.75. The van der Waals surface area contributed by atoms with Crippen molar-refractivity contribution in [2.45, 2.75) is 24.3 Å². The van der Waals surface area contributed by atoms with Crippen LogP contribution in [0.1, 0.15) is 6.42 Å². The van der Waals surface area contributed by atoms with Gasteiger partial charge in [-0.15, -0.1) is 0 Å². The quantitative estimate of drug-likeness (QED) is 0.649. The van der Waals surface area contributed by atoms with Crippen LogP contribution >= 0.6 is 0 Å². The van der Waals surface area contributed by atoms with Crippen LogP contribution in [-0.4, -0.2) is 43.5 Å². The second-order valence-electron chi connectivity index (χ2n) is 3.83. The van der Waals surface area contributed by atoms with Crippen LogP contribution in [0.25, 0.3) is 0 Å². The Morgan fingerprint density at radius 2 is 2.13 bits per heavy atom. The Labute approximate surface area is 83.7 Å². The van der Waals surface area contributed by atoms with E-state index >= 15 is 0 Å². The minimum atomic E-state index is -4.92. The summed E-state index contributed by atoms with van der Waals surface area (Å²) in [5.41, 5.74) is -0.406. The maximum atomic E-state index is 11.9. The highest BCUT2D eigenvalue weighted by atomic mass is 19.4. The molecular formula is C8H10F3NO3. The van der Waals surface area contributed by atoms with E-state index in [4.69, 9.17) is 4.74 Å². The van der Waals surface area contributed by atoms with Crippen molar-refractivity contribution in [1.29, 1.82) is 0 Å². The molecule has 86 valence electrons. The Morgan fingerprint density at radius 3 is 2.53 bits per heavy atom. The van der Waals surface area contributed by atoms with Crippen molar-refractivity contribution in [3.63, 3.8) is 0 Å². The number of halogens is 3. The summed E-state index contributed by atoms with van der Waals surface area (Å²) in [6.45, 7) is 1.25. The summed E-state index contributed by atoms with van der Waals surface area (Å²) in [5, 5.41) is 2.96. The number of ether oxygens (including phenoxy) is 2. The van der Waals surface area contributed by atoms with Gasteiger partial charge >= 0.3 is 12.1 Å². The summed E-state index contributed by atoms with van der Waals surface area (Å²) in [5.74, 6) is -2.14. The molecule has 15 heavy (non-hydrogen) atoms. The van der Waals surface area contributed by atoms with Crippen molar-refractivity contribution in [1.82, 2.24) is 5.32 Å². The average molecular weight is 225 g/mol. The normalized spacial score (nSPS) is 28.9. The van der Waals surface area contributed by atoms with Gasteiger partial charge in [-0.25, -0.2) is 4.79 Å². The molecule has 2 saturated heterocycles. The molecule has 7 heteroatoms. The molecule has 0 bridgehead atoms. The Morgan fingerprint density at radius 1 is 1.47 bits per heavy atom. The standard InChI is InChI=1S/C8H10F3NO3/c9-8(10,11)6(13)15-5-1-7(14-2-5)3-12-4-7/h5,12H,1-4H2/t5-/m0/s1. The summed E-state index contributed by atoms with van der Waals surface area (Å²) in [6.07, 6.45) is -5.36. The van der Waals surface area contributed by atoms with Gasteiger partial charge in [-0.3, -0.25) is 0 Å². The molecule has 1 spiro atoms. The van der Waals surface area contributed by atoms with Crippen molar-refractivity contribution in [3.8, 4) is 0 Å². The first kappa shape index (κ1) is 10.7. The van der Waals surface area contributed by atoms with E-state index in [1.165, 1.54) is 0 Å². The SMILES string of the molecule is O=C(O[C@@H]1COC2(CNC2)C1)C(F)(F)F. The van der Waals surface area contributed by atoms with E-state index in [1.807, 2.05) is 0 Å². The van der Waals surface area contributed by atoms with Gasteiger partial charge in [0.2, 0.25) is 0 Å². The van der Waals surface area contributed by atoms with E-state index in [1.54, 1.807) is 0 Å². The molecule has 2 aliphatic heterocycles. The van der Waals surface area contributed by atoms with Crippen molar-refractivity contribution < 1.29 is 27.4 Å². The van der Waals surface area contributed by atoms with Crippen LogP contribution in [0.5, 0.6) is 0 Å². The molecule has 1 N–H and O–H groups in total. The van der Waals surface area contributed by atoms with E-state index in [0.29, 0.717) is 19.5 Å². The predicted octanol–water partition coefficient (Wildman–Crippen LogP) is 0.223. The summed E-state index contributed by atoms with van der Waals surface area (Å²) in [4.78, 5) is 10.5. The lowest BCUT2D eigenvalue weighted by Gasteiger charge is -2.37. The van der Waals surface area contributed by atoms with Crippen LogP contribution in [0.4, 0.5) is 13.2 Å². The van der Waals surface area contributed by atoms with Crippen molar-refractivity contribution in [2.24, 2.45) is 0 Å². The van der Waals surface area contributed by atoms with E-state index in [9.17, 15) is 18.0 Å². The summed E-state index contributed by atoms with van der Waals surface area (Å²) < 4.78 is 45.2. The summed E-state index contributed by atoms with van der Waals surface area (Å²) in [6, 6.07) is 0. The summed E-state index contributed by atoms with van der Waals surface area (Å²) >= 11 is 0. The monoisotopic (exact) mass is 225 g/mol. The van der Waals surface area contributed by atoms with E-state index < -0.39 is 23.9 Å². The van der Waals surface area contributed by atoms with Crippen molar-refractivity contribution in [2.75, 3.05) is 19.7 Å². The molecule has 0 aromatic heterocycles. The third-order valence-electron chi connectivity index (χ3n) is 2.57. The molecule has 2 aliphatic rings. The van der Waals surface area contributed by atoms with E-state index in [0.717, 1.165) is 0 Å². The van der Waals surface area contributed by atoms with Gasteiger partial charge in [-0.2, -0.15) is 13.2 Å².